The van der Waals surface area contributed by atoms with Crippen molar-refractivity contribution in [2.75, 3.05) is 12.0 Å². The number of sulfonamides is 1. The molecule has 0 unspecified atom stereocenters. The second-order valence-corrected chi connectivity index (χ2v) is 6.51. The first-order chi connectivity index (χ1) is 9.94. The number of nitrogens with two attached hydrogens (primary N) is 1. The van der Waals surface area contributed by atoms with E-state index in [9.17, 15) is 8.42 Å². The van der Waals surface area contributed by atoms with Gasteiger partial charge in [-0.25, -0.2) is 13.1 Å². The summed E-state index contributed by atoms with van der Waals surface area (Å²) in [6.07, 6.45) is 2.07. The minimum absolute atomic E-state index is 0.283. The van der Waals surface area contributed by atoms with Gasteiger partial charge in [-0.2, -0.15) is 0 Å². The lowest BCUT2D eigenvalue weighted by Gasteiger charge is -2.13. The van der Waals surface area contributed by atoms with Crippen molar-refractivity contribution in [1.82, 2.24) is 4.72 Å². The highest BCUT2D eigenvalue weighted by Crippen LogP contribution is 2.23. The highest BCUT2D eigenvalue weighted by Gasteiger charge is 2.19. The third-order valence-electron chi connectivity index (χ3n) is 3.14. The van der Waals surface area contributed by atoms with E-state index in [-0.39, 0.29) is 6.54 Å². The van der Waals surface area contributed by atoms with E-state index in [1.165, 1.54) is 0 Å². The molecular weight excluding hydrogens is 290 g/mol. The molecule has 2 rings (SSSR count). The number of hydrogen-bond acceptors (Lipinski definition) is 5. The molecule has 0 radical (unpaired) electrons. The monoisotopic (exact) mass is 309 g/mol. The number of aryl methyl sites for hydroxylation is 2. The van der Waals surface area contributed by atoms with Crippen LogP contribution in [0.3, 0.4) is 0 Å². The van der Waals surface area contributed by atoms with E-state index >= 15 is 0 Å². The first kappa shape index (κ1) is 15.6. The van der Waals surface area contributed by atoms with Gasteiger partial charge in [0.2, 0.25) is 10.0 Å². The molecule has 0 fully saturated rings. The van der Waals surface area contributed by atoms with Crippen LogP contribution in [0, 0.1) is 13.8 Å². The minimum Gasteiger partial charge on any atom is -0.469 e. The Bertz CT molecular complexity index is 686. The van der Waals surface area contributed by atoms with Crippen LogP contribution in [0.1, 0.15) is 16.9 Å². The summed E-state index contributed by atoms with van der Waals surface area (Å²) < 4.78 is 32.6. The molecule has 0 aliphatic heterocycles. The average Bonchev–Trinajstić information content (AvgIpc) is 2.90. The average molecular weight is 309 g/mol. The zero-order valence-electron chi connectivity index (χ0n) is 12.0. The predicted molar refractivity (Wildman–Crippen MR) is 81.3 cm³/mol. The summed E-state index contributed by atoms with van der Waals surface area (Å²) in [5.74, 6) is 6.10. The van der Waals surface area contributed by atoms with E-state index in [2.05, 4.69) is 10.1 Å². The minimum atomic E-state index is -3.56. The van der Waals surface area contributed by atoms with Gasteiger partial charge < -0.3 is 9.84 Å². The predicted octanol–water partition coefficient (Wildman–Crippen LogP) is 1.70. The fourth-order valence-electron chi connectivity index (χ4n) is 2.29. The SMILES string of the molecule is Cc1cc(NN)cc(C)c1S(=O)(=O)NCCc1ccco1. The van der Waals surface area contributed by atoms with Gasteiger partial charge in [0.15, 0.2) is 0 Å². The van der Waals surface area contributed by atoms with Crippen molar-refractivity contribution in [3.63, 3.8) is 0 Å². The van der Waals surface area contributed by atoms with Crippen molar-refractivity contribution in [2.24, 2.45) is 5.84 Å². The van der Waals surface area contributed by atoms with E-state index in [4.69, 9.17) is 10.3 Å². The summed E-state index contributed by atoms with van der Waals surface area (Å²) >= 11 is 0. The van der Waals surface area contributed by atoms with Crippen LogP contribution < -0.4 is 16.0 Å². The molecule has 0 aliphatic carbocycles. The zero-order valence-corrected chi connectivity index (χ0v) is 12.8. The Hall–Kier alpha value is -1.83. The molecule has 0 aliphatic rings. The molecule has 4 N–H and O–H groups in total. The molecule has 7 heteroatoms. The standard InChI is InChI=1S/C14H19N3O3S/c1-10-8-12(17-15)9-11(2)14(10)21(18,19)16-6-5-13-4-3-7-20-13/h3-4,7-9,16-17H,5-6,15H2,1-2H3. The zero-order chi connectivity index (χ0) is 15.5. The third kappa shape index (κ3) is 3.63. The molecule has 0 atom stereocenters. The largest absolute Gasteiger partial charge is 0.469 e. The first-order valence-electron chi connectivity index (χ1n) is 6.54. The molecule has 1 aromatic heterocycles. The molecule has 0 bridgehead atoms. The second kappa shape index (κ2) is 6.30. The summed E-state index contributed by atoms with van der Waals surface area (Å²) in [7, 11) is -3.56. The summed E-state index contributed by atoms with van der Waals surface area (Å²) in [4.78, 5) is 0.293. The topological polar surface area (TPSA) is 97.4 Å². The Morgan fingerprint density at radius 3 is 2.43 bits per heavy atom. The van der Waals surface area contributed by atoms with E-state index in [0.717, 1.165) is 5.76 Å². The molecule has 21 heavy (non-hydrogen) atoms. The van der Waals surface area contributed by atoms with Crippen LogP contribution in [0.5, 0.6) is 0 Å². The van der Waals surface area contributed by atoms with Crippen LogP contribution in [-0.4, -0.2) is 15.0 Å². The van der Waals surface area contributed by atoms with Gasteiger partial charge in [0.25, 0.3) is 0 Å². The van der Waals surface area contributed by atoms with Crippen LogP contribution in [0.15, 0.2) is 39.8 Å². The third-order valence-corrected chi connectivity index (χ3v) is 4.90. The number of anilines is 1. The summed E-state index contributed by atoms with van der Waals surface area (Å²) in [6.45, 7) is 3.77. The highest BCUT2D eigenvalue weighted by atomic mass is 32.2. The van der Waals surface area contributed by atoms with Crippen LogP contribution in [0.25, 0.3) is 0 Å². The van der Waals surface area contributed by atoms with E-state index in [0.29, 0.717) is 28.1 Å². The van der Waals surface area contributed by atoms with Gasteiger partial charge >= 0.3 is 0 Å². The molecule has 0 amide bonds. The number of nitrogen functional groups attached to an aromatic ring is 1. The van der Waals surface area contributed by atoms with Crippen molar-refractivity contribution >= 4 is 15.7 Å². The first-order valence-corrected chi connectivity index (χ1v) is 8.02. The molecule has 0 spiro atoms. The molecule has 0 saturated heterocycles. The molecule has 6 nitrogen and oxygen atoms in total. The van der Waals surface area contributed by atoms with Crippen LogP contribution in [-0.2, 0) is 16.4 Å². The van der Waals surface area contributed by atoms with Gasteiger partial charge in [-0.1, -0.05) is 0 Å². The maximum absolute atomic E-state index is 12.4. The number of rotatable bonds is 6. The van der Waals surface area contributed by atoms with Crippen molar-refractivity contribution in [1.29, 1.82) is 0 Å². The van der Waals surface area contributed by atoms with Crippen molar-refractivity contribution in [3.8, 4) is 0 Å². The molecule has 1 aromatic carbocycles. The normalized spacial score (nSPS) is 11.6. The Labute approximate surface area is 124 Å². The number of benzene rings is 1. The summed E-state index contributed by atoms with van der Waals surface area (Å²) in [6, 6.07) is 6.99. The molecule has 114 valence electrons. The summed E-state index contributed by atoms with van der Waals surface area (Å²) in [5.41, 5.74) is 4.49. The van der Waals surface area contributed by atoms with Gasteiger partial charge in [-0.3, -0.25) is 5.84 Å². The fourth-order valence-corrected chi connectivity index (χ4v) is 3.77. The molecule has 2 aromatic rings. The van der Waals surface area contributed by atoms with Crippen LogP contribution >= 0.6 is 0 Å². The van der Waals surface area contributed by atoms with Gasteiger partial charge in [0, 0.05) is 18.7 Å². The smallest absolute Gasteiger partial charge is 0.241 e. The lowest BCUT2D eigenvalue weighted by molar-refractivity contribution is 0.506. The molecular formula is C14H19N3O3S. The number of hydrogen-bond donors (Lipinski definition) is 3. The quantitative estimate of drug-likeness (QED) is 0.557. The Morgan fingerprint density at radius 1 is 1.24 bits per heavy atom. The van der Waals surface area contributed by atoms with E-state index < -0.39 is 10.0 Å². The molecule has 1 heterocycles. The number of hydrazine groups is 1. The highest BCUT2D eigenvalue weighted by molar-refractivity contribution is 7.89. The van der Waals surface area contributed by atoms with Crippen molar-refractivity contribution in [2.45, 2.75) is 25.2 Å². The maximum Gasteiger partial charge on any atom is 0.241 e. The van der Waals surface area contributed by atoms with Gasteiger partial charge in [0.05, 0.1) is 11.2 Å². The maximum atomic E-state index is 12.4. The van der Waals surface area contributed by atoms with Gasteiger partial charge in [0.1, 0.15) is 5.76 Å². The Kier molecular flexibility index (Phi) is 4.66. The number of nitrogens with one attached hydrogen (secondary N) is 2. The number of furan rings is 1. The van der Waals surface area contributed by atoms with E-state index in [1.807, 2.05) is 6.07 Å². The molecule has 0 saturated carbocycles. The fraction of sp³-hybridized carbons (Fsp3) is 0.286. The van der Waals surface area contributed by atoms with Crippen molar-refractivity contribution < 1.29 is 12.8 Å². The Morgan fingerprint density at radius 2 is 1.90 bits per heavy atom. The van der Waals surface area contributed by atoms with Gasteiger partial charge in [-0.05, 0) is 49.2 Å². The summed E-state index contributed by atoms with van der Waals surface area (Å²) in [5, 5.41) is 0. The lowest BCUT2D eigenvalue weighted by atomic mass is 10.1. The van der Waals surface area contributed by atoms with E-state index in [1.54, 1.807) is 38.3 Å². The van der Waals surface area contributed by atoms with Crippen molar-refractivity contribution in [3.05, 3.63) is 47.4 Å². The lowest BCUT2D eigenvalue weighted by Crippen LogP contribution is -2.27. The van der Waals surface area contributed by atoms with Crippen LogP contribution in [0.4, 0.5) is 5.69 Å². The second-order valence-electron chi connectivity index (χ2n) is 4.81. The Balaban J connectivity index is 2.15. The van der Waals surface area contributed by atoms with Gasteiger partial charge in [-0.15, -0.1) is 0 Å². The van der Waals surface area contributed by atoms with Crippen LogP contribution in [0.2, 0.25) is 0 Å².